The number of carbonyl (C=O) groups is 2. The Morgan fingerprint density at radius 2 is 1.92 bits per heavy atom. The van der Waals surface area contributed by atoms with E-state index >= 15 is 4.39 Å². The minimum absolute atomic E-state index is 0.225. The molecule has 1 aromatic heterocycles. The maximum absolute atomic E-state index is 15.3. The van der Waals surface area contributed by atoms with Crippen LogP contribution in [0.1, 0.15) is 42.1 Å². The van der Waals surface area contributed by atoms with Crippen molar-refractivity contribution in [1.29, 1.82) is 0 Å². The van der Waals surface area contributed by atoms with Crippen molar-refractivity contribution >= 4 is 17.8 Å². The number of carboxylic acids is 1. The molecular formula is C29H31FN4O3. The molecular weight excluding hydrogens is 471 g/mol. The fourth-order valence-electron chi connectivity index (χ4n) is 5.22. The highest BCUT2D eigenvalue weighted by Crippen LogP contribution is 2.32. The molecule has 2 amide bonds. The fourth-order valence-corrected chi connectivity index (χ4v) is 5.22. The number of carboxylic acid groups (broad SMARTS) is 1. The van der Waals surface area contributed by atoms with Crippen LogP contribution in [0.3, 0.4) is 0 Å². The molecule has 1 unspecified atom stereocenters. The van der Waals surface area contributed by atoms with Crippen LogP contribution < -0.4 is 5.32 Å². The first-order valence-electron chi connectivity index (χ1n) is 12.8. The second-order valence-electron chi connectivity index (χ2n) is 9.62. The van der Waals surface area contributed by atoms with Crippen LogP contribution in [0.25, 0.3) is 11.1 Å². The number of aryl methyl sites for hydroxylation is 2. The molecule has 2 aliphatic heterocycles. The molecule has 2 N–H and O–H groups in total. The highest BCUT2D eigenvalue weighted by atomic mass is 19.1. The molecule has 0 bridgehead atoms. The van der Waals surface area contributed by atoms with Crippen LogP contribution in [-0.4, -0.2) is 58.1 Å². The lowest BCUT2D eigenvalue weighted by molar-refractivity contribution is -0.138. The van der Waals surface area contributed by atoms with E-state index in [0.29, 0.717) is 25.2 Å². The molecule has 8 heteroatoms. The number of rotatable bonds is 9. The summed E-state index contributed by atoms with van der Waals surface area (Å²) in [5, 5.41) is 12.9. The molecule has 2 aliphatic rings. The predicted octanol–water partition coefficient (Wildman–Crippen LogP) is 5.13. The van der Waals surface area contributed by atoms with Crippen molar-refractivity contribution < 1.29 is 19.1 Å². The Bertz CT molecular complexity index is 1280. The van der Waals surface area contributed by atoms with Gasteiger partial charge in [0.2, 0.25) is 0 Å². The van der Waals surface area contributed by atoms with E-state index in [9.17, 15) is 14.7 Å². The van der Waals surface area contributed by atoms with Crippen LogP contribution in [-0.2, 0) is 17.6 Å². The van der Waals surface area contributed by atoms with Crippen molar-refractivity contribution in [1.82, 2.24) is 14.8 Å². The van der Waals surface area contributed by atoms with Crippen molar-refractivity contribution in [2.45, 2.75) is 38.1 Å². The topological polar surface area (TPSA) is 85.8 Å². The minimum atomic E-state index is -1.07. The van der Waals surface area contributed by atoms with Gasteiger partial charge in [-0.15, -0.1) is 0 Å². The lowest BCUT2D eigenvalue weighted by Gasteiger charge is -2.28. The van der Waals surface area contributed by atoms with E-state index in [1.54, 1.807) is 17.0 Å². The van der Waals surface area contributed by atoms with Gasteiger partial charge in [-0.1, -0.05) is 48.5 Å². The van der Waals surface area contributed by atoms with Crippen molar-refractivity contribution in [2.75, 3.05) is 31.5 Å². The minimum Gasteiger partial charge on any atom is -0.481 e. The number of benzene rings is 2. The molecule has 0 spiro atoms. The number of fused-ring (bicyclic) bond motifs is 1. The van der Waals surface area contributed by atoms with Crippen molar-refractivity contribution in [3.05, 3.63) is 83.3 Å². The molecule has 192 valence electrons. The number of nitrogens with one attached hydrogen (secondary N) is 1. The average molecular weight is 503 g/mol. The number of nitrogens with zero attached hydrogens (tertiary/aromatic N) is 3. The number of urea groups is 1. The number of anilines is 1. The maximum Gasteiger partial charge on any atom is 0.320 e. The molecule has 0 saturated carbocycles. The monoisotopic (exact) mass is 502 g/mol. The lowest BCUT2D eigenvalue weighted by Crippen LogP contribution is -2.36. The molecule has 1 fully saturated rings. The van der Waals surface area contributed by atoms with E-state index in [1.807, 2.05) is 30.3 Å². The largest absolute Gasteiger partial charge is 0.481 e. The summed E-state index contributed by atoms with van der Waals surface area (Å²) in [7, 11) is 0. The van der Waals surface area contributed by atoms with E-state index in [0.717, 1.165) is 49.3 Å². The van der Waals surface area contributed by atoms with Crippen molar-refractivity contribution in [2.24, 2.45) is 0 Å². The van der Waals surface area contributed by atoms with Gasteiger partial charge in [-0.25, -0.2) is 14.2 Å². The summed E-state index contributed by atoms with van der Waals surface area (Å²) in [6, 6.07) is 17.3. The molecule has 2 aromatic carbocycles. The van der Waals surface area contributed by atoms with Gasteiger partial charge >= 0.3 is 12.0 Å². The number of pyridine rings is 1. The van der Waals surface area contributed by atoms with Gasteiger partial charge in [0.25, 0.3) is 0 Å². The Kier molecular flexibility index (Phi) is 7.35. The molecule has 0 aliphatic carbocycles. The van der Waals surface area contributed by atoms with E-state index in [1.165, 1.54) is 16.5 Å². The summed E-state index contributed by atoms with van der Waals surface area (Å²) in [6.45, 7) is 2.32. The van der Waals surface area contributed by atoms with Gasteiger partial charge in [-0.3, -0.25) is 4.79 Å². The molecule has 1 atom stereocenters. The Morgan fingerprint density at radius 1 is 1.08 bits per heavy atom. The van der Waals surface area contributed by atoms with E-state index in [4.69, 9.17) is 4.98 Å². The molecule has 37 heavy (non-hydrogen) atoms. The molecule has 5 rings (SSSR count). The summed E-state index contributed by atoms with van der Waals surface area (Å²) >= 11 is 0. The number of aliphatic carboxylic acids is 1. The summed E-state index contributed by atoms with van der Waals surface area (Å²) in [5.41, 5.74) is 4.03. The van der Waals surface area contributed by atoms with Crippen LogP contribution in [0.4, 0.5) is 15.0 Å². The first kappa shape index (κ1) is 24.7. The standard InChI is InChI=1S/C29H31FN4O3/c30-25-18-22(20-6-2-1-3-7-20)11-13-24(25)26(19-27(35)36)34-17-16-33(29(34)37)15-5-9-23-12-10-21-8-4-14-31-28(21)32-23/h1-3,6-7,10-13,18,26H,4-5,8-9,14-17,19H2,(H,31,32)(H,35,36). The van der Waals surface area contributed by atoms with Gasteiger partial charge in [-0.05, 0) is 54.5 Å². The highest BCUT2D eigenvalue weighted by Gasteiger charge is 2.36. The third-order valence-electron chi connectivity index (χ3n) is 7.15. The zero-order chi connectivity index (χ0) is 25.8. The number of halogens is 1. The van der Waals surface area contributed by atoms with Gasteiger partial charge in [0.1, 0.15) is 11.6 Å². The van der Waals surface area contributed by atoms with Crippen LogP contribution in [0.15, 0.2) is 60.7 Å². The quantitative estimate of drug-likeness (QED) is 0.424. The van der Waals surface area contributed by atoms with Crippen LogP contribution in [0, 0.1) is 5.82 Å². The molecule has 1 saturated heterocycles. The van der Waals surface area contributed by atoms with Gasteiger partial charge < -0.3 is 20.2 Å². The maximum atomic E-state index is 15.3. The fraction of sp³-hybridized carbons (Fsp3) is 0.345. The van der Waals surface area contributed by atoms with Crippen LogP contribution in [0.2, 0.25) is 0 Å². The zero-order valence-corrected chi connectivity index (χ0v) is 20.7. The van der Waals surface area contributed by atoms with E-state index < -0.39 is 17.8 Å². The number of hydrogen-bond donors (Lipinski definition) is 2. The van der Waals surface area contributed by atoms with Crippen molar-refractivity contribution in [3.63, 3.8) is 0 Å². The second kappa shape index (κ2) is 11.0. The third-order valence-corrected chi connectivity index (χ3v) is 7.15. The number of aromatic nitrogens is 1. The predicted molar refractivity (Wildman–Crippen MR) is 140 cm³/mol. The molecule has 3 aromatic rings. The van der Waals surface area contributed by atoms with Crippen LogP contribution in [0.5, 0.6) is 0 Å². The SMILES string of the molecule is O=C(O)CC(c1ccc(-c2ccccc2)cc1F)N1CCN(CCCc2ccc3c(n2)NCCC3)C1=O. The van der Waals surface area contributed by atoms with Gasteiger partial charge in [-0.2, -0.15) is 0 Å². The Labute approximate surface area is 215 Å². The molecule has 3 heterocycles. The number of carbonyl (C=O) groups excluding carboxylic acids is 1. The second-order valence-corrected chi connectivity index (χ2v) is 9.62. The number of amides is 2. The van der Waals surface area contributed by atoms with Crippen molar-refractivity contribution in [3.8, 4) is 11.1 Å². The lowest BCUT2D eigenvalue weighted by atomic mass is 9.97. The third kappa shape index (κ3) is 5.58. The summed E-state index contributed by atoms with van der Waals surface area (Å²) in [4.78, 5) is 32.9. The zero-order valence-electron chi connectivity index (χ0n) is 20.7. The normalized spacial score (nSPS) is 15.9. The average Bonchev–Trinajstić information content (AvgIpc) is 3.27. The van der Waals surface area contributed by atoms with E-state index in [-0.39, 0.29) is 18.0 Å². The summed E-state index contributed by atoms with van der Waals surface area (Å²) in [5.74, 6) is -0.621. The summed E-state index contributed by atoms with van der Waals surface area (Å²) < 4.78 is 15.3. The Balaban J connectivity index is 1.25. The molecule has 0 radical (unpaired) electrons. The smallest absolute Gasteiger partial charge is 0.320 e. The van der Waals surface area contributed by atoms with Gasteiger partial charge in [0.15, 0.2) is 0 Å². The number of hydrogen-bond acceptors (Lipinski definition) is 4. The Hall–Kier alpha value is -3.94. The molecule has 7 nitrogen and oxygen atoms in total. The van der Waals surface area contributed by atoms with Gasteiger partial charge in [0, 0.05) is 37.4 Å². The Morgan fingerprint density at radius 3 is 2.70 bits per heavy atom. The summed E-state index contributed by atoms with van der Waals surface area (Å²) in [6.07, 6.45) is 3.29. The van der Waals surface area contributed by atoms with Crippen LogP contribution >= 0.6 is 0 Å². The first-order valence-corrected chi connectivity index (χ1v) is 12.8. The van der Waals surface area contributed by atoms with Gasteiger partial charge in [0.05, 0.1) is 12.5 Å². The first-order chi connectivity index (χ1) is 18.0. The van der Waals surface area contributed by atoms with E-state index in [2.05, 4.69) is 17.4 Å². The highest BCUT2D eigenvalue weighted by molar-refractivity contribution is 5.78.